The van der Waals surface area contributed by atoms with Crippen molar-refractivity contribution in [3.8, 4) is 0 Å². The first-order chi connectivity index (χ1) is 12.5. The first kappa shape index (κ1) is 17.9. The minimum atomic E-state index is -0.357. The largest absolute Gasteiger partial charge is 0.423 e. The van der Waals surface area contributed by atoms with Crippen LogP contribution in [0, 0.1) is 13.8 Å². The molecule has 3 rings (SSSR count). The minimum absolute atomic E-state index is 0.0687. The number of nitrogens with one attached hydrogen (secondary N) is 1. The molecule has 0 aliphatic carbocycles. The van der Waals surface area contributed by atoms with E-state index in [1.54, 1.807) is 0 Å². The molecule has 2 aromatic carbocycles. The highest BCUT2D eigenvalue weighted by Gasteiger charge is 2.14. The van der Waals surface area contributed by atoms with E-state index in [-0.39, 0.29) is 24.0 Å². The summed E-state index contributed by atoms with van der Waals surface area (Å²) in [5.74, 6) is -0.0795. The van der Waals surface area contributed by atoms with Gasteiger partial charge in [-0.25, -0.2) is 4.79 Å². The molecule has 0 unspecified atom stereocenters. The molecule has 0 saturated heterocycles. The average molecular weight is 349 g/mol. The molecule has 0 fully saturated rings. The lowest BCUT2D eigenvalue weighted by Crippen LogP contribution is -2.27. The summed E-state index contributed by atoms with van der Waals surface area (Å²) in [4.78, 5) is 24.6. The lowest BCUT2D eigenvalue weighted by Gasteiger charge is -2.14. The zero-order valence-corrected chi connectivity index (χ0v) is 15.3. The molecule has 0 radical (unpaired) electrons. The maximum Gasteiger partial charge on any atom is 0.339 e. The van der Waals surface area contributed by atoms with Gasteiger partial charge < -0.3 is 9.73 Å². The number of hydrogen-bond donors (Lipinski definition) is 1. The number of carbonyl (C=O) groups is 1. The Balaban J connectivity index is 1.72. The van der Waals surface area contributed by atoms with Crippen LogP contribution in [0.2, 0.25) is 0 Å². The van der Waals surface area contributed by atoms with Crippen LogP contribution in [0.15, 0.2) is 57.7 Å². The molecule has 0 saturated carbocycles. The third-order valence-corrected chi connectivity index (χ3v) is 4.72. The van der Waals surface area contributed by atoms with E-state index in [0.717, 1.165) is 22.1 Å². The molecular formula is C22H23NO3. The van der Waals surface area contributed by atoms with Crippen molar-refractivity contribution in [1.82, 2.24) is 5.32 Å². The van der Waals surface area contributed by atoms with Crippen LogP contribution < -0.4 is 10.9 Å². The van der Waals surface area contributed by atoms with Crippen LogP contribution in [0.5, 0.6) is 0 Å². The van der Waals surface area contributed by atoms with Gasteiger partial charge in [0, 0.05) is 17.4 Å². The number of benzene rings is 2. The smallest absolute Gasteiger partial charge is 0.339 e. The van der Waals surface area contributed by atoms with Gasteiger partial charge in [-0.3, -0.25) is 4.79 Å². The average Bonchev–Trinajstić information content (AvgIpc) is 2.61. The number of fused-ring (bicyclic) bond motifs is 1. The van der Waals surface area contributed by atoms with Crippen LogP contribution in [-0.4, -0.2) is 5.91 Å². The van der Waals surface area contributed by atoms with E-state index in [1.165, 1.54) is 0 Å². The van der Waals surface area contributed by atoms with Gasteiger partial charge in [0.15, 0.2) is 0 Å². The number of aryl methyl sites for hydroxylation is 2. The summed E-state index contributed by atoms with van der Waals surface area (Å²) in [5, 5.41) is 3.90. The van der Waals surface area contributed by atoms with Crippen molar-refractivity contribution in [2.45, 2.75) is 39.7 Å². The predicted octanol–water partition coefficient (Wildman–Crippen LogP) is 4.22. The zero-order chi connectivity index (χ0) is 18.7. The van der Waals surface area contributed by atoms with Gasteiger partial charge in [-0.05, 0) is 49.9 Å². The molecule has 4 nitrogen and oxygen atoms in total. The van der Waals surface area contributed by atoms with Gasteiger partial charge in [0.05, 0.1) is 6.04 Å². The molecule has 4 heteroatoms. The number of amides is 1. The Hall–Kier alpha value is -2.88. The molecular weight excluding hydrogens is 326 g/mol. The highest BCUT2D eigenvalue weighted by molar-refractivity contribution is 5.82. The maximum absolute atomic E-state index is 12.3. The van der Waals surface area contributed by atoms with E-state index in [2.05, 4.69) is 5.32 Å². The molecule has 26 heavy (non-hydrogen) atoms. The van der Waals surface area contributed by atoms with E-state index in [4.69, 9.17) is 4.42 Å². The summed E-state index contributed by atoms with van der Waals surface area (Å²) in [6, 6.07) is 15.6. The molecule has 0 spiro atoms. The Morgan fingerprint density at radius 2 is 1.85 bits per heavy atom. The topological polar surface area (TPSA) is 59.3 Å². The van der Waals surface area contributed by atoms with E-state index in [9.17, 15) is 9.59 Å². The van der Waals surface area contributed by atoms with Crippen LogP contribution in [0.25, 0.3) is 11.0 Å². The Morgan fingerprint density at radius 1 is 1.12 bits per heavy atom. The minimum Gasteiger partial charge on any atom is -0.423 e. The zero-order valence-electron chi connectivity index (χ0n) is 15.3. The van der Waals surface area contributed by atoms with Crippen LogP contribution >= 0.6 is 0 Å². The Labute approximate surface area is 152 Å². The fraction of sp³-hybridized carbons (Fsp3) is 0.273. The molecule has 1 amide bonds. The molecule has 0 aliphatic rings. The fourth-order valence-corrected chi connectivity index (χ4v) is 3.17. The van der Waals surface area contributed by atoms with Gasteiger partial charge in [-0.1, -0.05) is 42.5 Å². The second kappa shape index (κ2) is 7.56. The Morgan fingerprint density at radius 3 is 2.58 bits per heavy atom. The summed E-state index contributed by atoms with van der Waals surface area (Å²) in [5.41, 5.74) is 3.80. The molecule has 1 heterocycles. The molecule has 1 N–H and O–H groups in total. The molecule has 0 aliphatic heterocycles. The summed E-state index contributed by atoms with van der Waals surface area (Å²) in [6.45, 7) is 5.82. The van der Waals surface area contributed by atoms with Gasteiger partial charge in [-0.15, -0.1) is 0 Å². The monoisotopic (exact) mass is 349 g/mol. The van der Waals surface area contributed by atoms with Crippen molar-refractivity contribution in [3.63, 3.8) is 0 Å². The first-order valence-electron chi connectivity index (χ1n) is 8.83. The molecule has 0 bridgehead atoms. The highest BCUT2D eigenvalue weighted by atomic mass is 16.4. The number of hydrogen-bond acceptors (Lipinski definition) is 3. The summed E-state index contributed by atoms with van der Waals surface area (Å²) >= 11 is 0. The number of rotatable bonds is 5. The van der Waals surface area contributed by atoms with E-state index < -0.39 is 0 Å². The SMILES string of the molecule is Cc1ccc2c(C)c(CCC(=O)N[C@H](C)c3ccccc3)c(=O)oc2c1. The van der Waals surface area contributed by atoms with Crippen LogP contribution in [0.1, 0.15) is 41.6 Å². The highest BCUT2D eigenvalue weighted by Crippen LogP contribution is 2.21. The lowest BCUT2D eigenvalue weighted by atomic mass is 10.0. The Kier molecular flexibility index (Phi) is 5.21. The van der Waals surface area contributed by atoms with E-state index in [1.807, 2.05) is 69.3 Å². The van der Waals surface area contributed by atoms with Gasteiger partial charge in [-0.2, -0.15) is 0 Å². The van der Waals surface area contributed by atoms with Gasteiger partial charge in [0.1, 0.15) is 5.58 Å². The van der Waals surface area contributed by atoms with Crippen molar-refractivity contribution in [2.24, 2.45) is 0 Å². The van der Waals surface area contributed by atoms with Gasteiger partial charge >= 0.3 is 5.63 Å². The quantitative estimate of drug-likeness (QED) is 0.702. The normalized spacial score (nSPS) is 12.1. The molecule has 3 aromatic rings. The van der Waals surface area contributed by atoms with Crippen molar-refractivity contribution >= 4 is 16.9 Å². The fourth-order valence-electron chi connectivity index (χ4n) is 3.17. The van der Waals surface area contributed by atoms with Gasteiger partial charge in [0.25, 0.3) is 0 Å². The second-order valence-corrected chi connectivity index (χ2v) is 6.69. The summed E-state index contributed by atoms with van der Waals surface area (Å²) in [6.07, 6.45) is 0.617. The van der Waals surface area contributed by atoms with Crippen molar-refractivity contribution in [2.75, 3.05) is 0 Å². The van der Waals surface area contributed by atoms with E-state index >= 15 is 0 Å². The molecule has 134 valence electrons. The maximum atomic E-state index is 12.3. The third-order valence-electron chi connectivity index (χ3n) is 4.72. The second-order valence-electron chi connectivity index (χ2n) is 6.69. The van der Waals surface area contributed by atoms with Gasteiger partial charge in [0.2, 0.25) is 5.91 Å². The lowest BCUT2D eigenvalue weighted by molar-refractivity contribution is -0.121. The standard InChI is InChI=1S/C22H23NO3/c1-14-9-10-18-15(2)19(22(25)26-20(18)13-14)11-12-21(24)23-16(3)17-7-5-4-6-8-17/h4-10,13,16H,11-12H2,1-3H3,(H,23,24)/t16-/m1/s1. The number of carbonyl (C=O) groups excluding carboxylic acids is 1. The summed E-state index contributed by atoms with van der Waals surface area (Å²) in [7, 11) is 0. The molecule has 1 atom stereocenters. The molecule has 1 aromatic heterocycles. The first-order valence-corrected chi connectivity index (χ1v) is 8.83. The summed E-state index contributed by atoms with van der Waals surface area (Å²) < 4.78 is 5.45. The van der Waals surface area contributed by atoms with Crippen molar-refractivity contribution < 1.29 is 9.21 Å². The van der Waals surface area contributed by atoms with Crippen LogP contribution in [0.3, 0.4) is 0 Å². The van der Waals surface area contributed by atoms with E-state index in [0.29, 0.717) is 17.6 Å². The van der Waals surface area contributed by atoms with Crippen LogP contribution in [-0.2, 0) is 11.2 Å². The Bertz CT molecular complexity index is 989. The van der Waals surface area contributed by atoms with Crippen molar-refractivity contribution in [1.29, 1.82) is 0 Å². The third kappa shape index (κ3) is 3.85. The predicted molar refractivity (Wildman–Crippen MR) is 103 cm³/mol. The van der Waals surface area contributed by atoms with Crippen molar-refractivity contribution in [3.05, 3.63) is 81.2 Å². The van der Waals surface area contributed by atoms with Crippen LogP contribution in [0.4, 0.5) is 0 Å².